The number of Topliss-reactive ketones (excluding diaryl/α,β-unsaturated/α-hetero) is 1. The van der Waals surface area contributed by atoms with E-state index in [0.29, 0.717) is 18.4 Å². The fraction of sp³-hybridized carbons (Fsp3) is 0.353. The number of hydrogen-bond acceptors (Lipinski definition) is 1. The number of carbonyl (C=O) groups excluding carboxylic acids is 1. The Bertz CT molecular complexity index is 743. The first-order valence-electron chi connectivity index (χ1n) is 6.99. The van der Waals surface area contributed by atoms with Crippen molar-refractivity contribution in [2.24, 2.45) is 5.41 Å². The third-order valence-corrected chi connectivity index (χ3v) is 4.04. The molecule has 0 bridgehead atoms. The van der Waals surface area contributed by atoms with Crippen LogP contribution in [0.5, 0.6) is 0 Å². The number of carbonyl (C=O) groups is 1. The van der Waals surface area contributed by atoms with Crippen molar-refractivity contribution in [3.8, 4) is 5.69 Å². The predicted octanol–water partition coefficient (Wildman–Crippen LogP) is 4.22. The van der Waals surface area contributed by atoms with Crippen LogP contribution >= 0.6 is 0 Å². The Morgan fingerprint density at radius 3 is 2.62 bits per heavy atom. The first kappa shape index (κ1) is 14.0. The zero-order valence-corrected chi connectivity index (χ0v) is 12.3. The standard InChI is InChI=1S/C17H17F2NO/c1-10-7-11-14(8-17(2,3)9-15(11)21)20(10)13-6-4-5-12(18)16(13)19/h4-7H,8-9H2,1-3H3. The van der Waals surface area contributed by atoms with E-state index in [-0.39, 0.29) is 16.9 Å². The van der Waals surface area contributed by atoms with E-state index in [4.69, 9.17) is 0 Å². The van der Waals surface area contributed by atoms with Crippen molar-refractivity contribution >= 4 is 5.78 Å². The maximum absolute atomic E-state index is 14.1. The summed E-state index contributed by atoms with van der Waals surface area (Å²) in [6.45, 7) is 5.84. The number of hydrogen-bond donors (Lipinski definition) is 0. The maximum atomic E-state index is 14.1. The van der Waals surface area contributed by atoms with Crippen LogP contribution in [0.25, 0.3) is 5.69 Å². The largest absolute Gasteiger partial charge is 0.315 e. The summed E-state index contributed by atoms with van der Waals surface area (Å²) < 4.78 is 29.3. The highest BCUT2D eigenvalue weighted by Crippen LogP contribution is 2.37. The lowest BCUT2D eigenvalue weighted by atomic mass is 9.76. The average molecular weight is 289 g/mol. The first-order valence-corrected chi connectivity index (χ1v) is 6.99. The van der Waals surface area contributed by atoms with E-state index in [9.17, 15) is 13.6 Å². The third kappa shape index (κ3) is 2.19. The molecule has 0 N–H and O–H groups in total. The number of aromatic nitrogens is 1. The summed E-state index contributed by atoms with van der Waals surface area (Å²) in [5, 5.41) is 0. The van der Waals surface area contributed by atoms with Crippen LogP contribution in [0.2, 0.25) is 0 Å². The Balaban J connectivity index is 2.26. The quantitative estimate of drug-likeness (QED) is 0.770. The van der Waals surface area contributed by atoms with Gasteiger partial charge in [0.05, 0.1) is 5.69 Å². The van der Waals surface area contributed by atoms with Crippen LogP contribution in [-0.2, 0) is 6.42 Å². The lowest BCUT2D eigenvalue weighted by Crippen LogP contribution is -2.28. The van der Waals surface area contributed by atoms with Crippen molar-refractivity contribution < 1.29 is 13.6 Å². The molecule has 1 aromatic carbocycles. The summed E-state index contributed by atoms with van der Waals surface area (Å²) in [6.07, 6.45) is 1.15. The molecule has 0 aliphatic heterocycles. The maximum Gasteiger partial charge on any atom is 0.182 e. The molecule has 4 heteroatoms. The summed E-state index contributed by atoms with van der Waals surface area (Å²) in [7, 11) is 0. The third-order valence-electron chi connectivity index (χ3n) is 4.04. The van der Waals surface area contributed by atoms with Crippen LogP contribution in [-0.4, -0.2) is 10.4 Å². The molecule has 0 fully saturated rings. The fourth-order valence-electron chi connectivity index (χ4n) is 3.15. The van der Waals surface area contributed by atoms with Gasteiger partial charge in [0.25, 0.3) is 0 Å². The van der Waals surface area contributed by atoms with Gasteiger partial charge in [0, 0.05) is 23.4 Å². The summed E-state index contributed by atoms with van der Waals surface area (Å²) in [6, 6.07) is 5.89. The highest BCUT2D eigenvalue weighted by Gasteiger charge is 2.34. The van der Waals surface area contributed by atoms with Gasteiger partial charge in [-0.2, -0.15) is 0 Å². The van der Waals surface area contributed by atoms with Gasteiger partial charge in [0.15, 0.2) is 17.4 Å². The number of rotatable bonds is 1. The molecule has 0 unspecified atom stereocenters. The molecule has 2 nitrogen and oxygen atoms in total. The summed E-state index contributed by atoms with van der Waals surface area (Å²) in [5.41, 5.74) is 2.15. The minimum Gasteiger partial charge on any atom is -0.315 e. The molecule has 0 spiro atoms. The van der Waals surface area contributed by atoms with Gasteiger partial charge < -0.3 is 4.57 Å². The molecule has 1 aromatic heterocycles. The Morgan fingerprint density at radius 2 is 1.90 bits per heavy atom. The highest BCUT2D eigenvalue weighted by molar-refractivity contribution is 5.99. The van der Waals surface area contributed by atoms with E-state index >= 15 is 0 Å². The molecular weight excluding hydrogens is 272 g/mol. The van der Waals surface area contributed by atoms with E-state index in [1.165, 1.54) is 12.1 Å². The van der Waals surface area contributed by atoms with Crippen molar-refractivity contribution in [1.29, 1.82) is 0 Å². The number of benzene rings is 1. The summed E-state index contributed by atoms with van der Waals surface area (Å²) in [4.78, 5) is 12.3. The van der Waals surface area contributed by atoms with E-state index in [0.717, 1.165) is 17.5 Å². The van der Waals surface area contributed by atoms with E-state index < -0.39 is 11.6 Å². The Kier molecular flexibility index (Phi) is 3.01. The van der Waals surface area contributed by atoms with Gasteiger partial charge >= 0.3 is 0 Å². The highest BCUT2D eigenvalue weighted by atomic mass is 19.2. The molecule has 2 aromatic rings. The van der Waals surface area contributed by atoms with Crippen LogP contribution in [0.4, 0.5) is 8.78 Å². The summed E-state index contributed by atoms with van der Waals surface area (Å²) in [5.74, 6) is -1.69. The molecule has 1 heterocycles. The van der Waals surface area contributed by atoms with Gasteiger partial charge in [-0.25, -0.2) is 8.78 Å². The van der Waals surface area contributed by atoms with Crippen molar-refractivity contribution in [3.05, 3.63) is 52.9 Å². The molecule has 0 amide bonds. The fourth-order valence-corrected chi connectivity index (χ4v) is 3.15. The van der Waals surface area contributed by atoms with Crippen molar-refractivity contribution in [3.63, 3.8) is 0 Å². The summed E-state index contributed by atoms with van der Waals surface area (Å²) >= 11 is 0. The zero-order valence-electron chi connectivity index (χ0n) is 12.3. The van der Waals surface area contributed by atoms with Crippen LogP contribution < -0.4 is 0 Å². The molecule has 110 valence electrons. The molecule has 1 aliphatic rings. The zero-order chi connectivity index (χ0) is 15.4. The Labute approximate surface area is 122 Å². The normalized spacial score (nSPS) is 16.9. The topological polar surface area (TPSA) is 22.0 Å². The number of halogens is 2. The van der Waals surface area contributed by atoms with Gasteiger partial charge in [0.1, 0.15) is 0 Å². The second-order valence-corrected chi connectivity index (χ2v) is 6.50. The van der Waals surface area contributed by atoms with Crippen LogP contribution in [0, 0.1) is 24.0 Å². The molecule has 0 saturated heterocycles. The first-order chi connectivity index (χ1) is 9.80. The number of fused-ring (bicyclic) bond motifs is 1. The SMILES string of the molecule is Cc1cc2c(n1-c1cccc(F)c1F)CC(C)(C)CC2=O. The monoisotopic (exact) mass is 289 g/mol. The molecule has 0 radical (unpaired) electrons. The number of ketones is 1. The van der Waals surface area contributed by atoms with E-state index in [1.807, 2.05) is 20.8 Å². The molecule has 21 heavy (non-hydrogen) atoms. The van der Waals surface area contributed by atoms with Gasteiger partial charge in [-0.05, 0) is 37.0 Å². The van der Waals surface area contributed by atoms with E-state index in [2.05, 4.69) is 0 Å². The van der Waals surface area contributed by atoms with Gasteiger partial charge in [-0.3, -0.25) is 4.79 Å². The second kappa shape index (κ2) is 4.52. The minimum atomic E-state index is -0.880. The number of aryl methyl sites for hydroxylation is 1. The minimum absolute atomic E-state index is 0.0694. The van der Waals surface area contributed by atoms with Crippen LogP contribution in [0.15, 0.2) is 24.3 Å². The van der Waals surface area contributed by atoms with Crippen LogP contribution in [0.3, 0.4) is 0 Å². The Morgan fingerprint density at radius 1 is 1.19 bits per heavy atom. The van der Waals surface area contributed by atoms with Gasteiger partial charge in [-0.15, -0.1) is 0 Å². The van der Waals surface area contributed by atoms with Gasteiger partial charge in [-0.1, -0.05) is 19.9 Å². The predicted molar refractivity (Wildman–Crippen MR) is 76.9 cm³/mol. The van der Waals surface area contributed by atoms with Crippen LogP contribution in [0.1, 0.15) is 42.0 Å². The van der Waals surface area contributed by atoms with E-state index in [1.54, 1.807) is 10.6 Å². The van der Waals surface area contributed by atoms with Gasteiger partial charge in [0.2, 0.25) is 0 Å². The molecular formula is C17H17F2NO. The average Bonchev–Trinajstić information content (AvgIpc) is 2.69. The molecule has 0 saturated carbocycles. The molecule has 0 atom stereocenters. The lowest BCUT2D eigenvalue weighted by Gasteiger charge is -2.30. The van der Waals surface area contributed by atoms with Crippen molar-refractivity contribution in [2.45, 2.75) is 33.6 Å². The number of nitrogens with zero attached hydrogens (tertiary/aromatic N) is 1. The van der Waals surface area contributed by atoms with Crippen molar-refractivity contribution in [2.75, 3.05) is 0 Å². The smallest absolute Gasteiger partial charge is 0.182 e. The molecule has 1 aliphatic carbocycles. The van der Waals surface area contributed by atoms with Crippen molar-refractivity contribution in [1.82, 2.24) is 4.57 Å². The lowest BCUT2D eigenvalue weighted by molar-refractivity contribution is 0.0911. The second-order valence-electron chi connectivity index (χ2n) is 6.50. The molecule has 3 rings (SSSR count). The Hall–Kier alpha value is -1.97.